The van der Waals surface area contributed by atoms with Crippen LogP contribution in [0, 0.1) is 0 Å². The van der Waals surface area contributed by atoms with Gasteiger partial charge >= 0.3 is 0 Å². The summed E-state index contributed by atoms with van der Waals surface area (Å²) in [5, 5.41) is 2.44. The molecule has 0 saturated carbocycles. The van der Waals surface area contributed by atoms with Crippen molar-refractivity contribution in [2.45, 2.75) is 26.4 Å². The Bertz CT molecular complexity index is 318. The fourth-order valence-electron chi connectivity index (χ4n) is 2.72. The topological polar surface area (TPSA) is 21.1 Å². The first-order chi connectivity index (χ1) is 7.36. The van der Waals surface area contributed by atoms with E-state index in [1.165, 1.54) is 25.2 Å². The fraction of sp³-hybridized carbons (Fsp3) is 0.538. The van der Waals surface area contributed by atoms with Crippen LogP contribution in [0.2, 0.25) is 0 Å². The van der Waals surface area contributed by atoms with E-state index in [2.05, 4.69) is 43.4 Å². The van der Waals surface area contributed by atoms with Crippen LogP contribution in [0.5, 0.6) is 0 Å². The molecular formula is C13H22N2+2. The lowest BCUT2D eigenvalue weighted by Gasteiger charge is -2.30. The van der Waals surface area contributed by atoms with Crippen LogP contribution < -0.4 is 10.2 Å². The van der Waals surface area contributed by atoms with E-state index in [-0.39, 0.29) is 0 Å². The third-order valence-electron chi connectivity index (χ3n) is 3.60. The molecule has 1 aromatic carbocycles. The number of fused-ring (bicyclic) bond motifs is 1. The van der Waals surface area contributed by atoms with E-state index in [9.17, 15) is 0 Å². The van der Waals surface area contributed by atoms with E-state index in [0.29, 0.717) is 6.04 Å². The number of quaternary nitrogens is 2. The van der Waals surface area contributed by atoms with Gasteiger partial charge in [-0.15, -0.1) is 0 Å². The quantitative estimate of drug-likeness (QED) is 0.679. The van der Waals surface area contributed by atoms with Crippen molar-refractivity contribution in [3.63, 3.8) is 0 Å². The van der Waals surface area contributed by atoms with E-state index >= 15 is 0 Å². The van der Waals surface area contributed by atoms with Crippen molar-refractivity contribution in [2.24, 2.45) is 0 Å². The molecule has 1 heterocycles. The monoisotopic (exact) mass is 206 g/mol. The summed E-state index contributed by atoms with van der Waals surface area (Å²) >= 11 is 0. The van der Waals surface area contributed by atoms with Gasteiger partial charge in [-0.25, -0.2) is 0 Å². The maximum atomic E-state index is 2.44. The van der Waals surface area contributed by atoms with Gasteiger partial charge in [-0.3, -0.25) is 0 Å². The average Bonchev–Trinajstić information content (AvgIpc) is 2.31. The van der Waals surface area contributed by atoms with Crippen LogP contribution in [0.3, 0.4) is 0 Å². The average molecular weight is 206 g/mol. The Labute approximate surface area is 92.3 Å². The summed E-state index contributed by atoms with van der Waals surface area (Å²) in [6.07, 6.45) is 0. The van der Waals surface area contributed by atoms with Crippen LogP contribution >= 0.6 is 0 Å². The first kappa shape index (κ1) is 10.7. The molecule has 1 aliphatic rings. The first-order valence-electron chi connectivity index (χ1n) is 6.10. The van der Waals surface area contributed by atoms with Crippen molar-refractivity contribution in [1.82, 2.24) is 0 Å². The van der Waals surface area contributed by atoms with Gasteiger partial charge in [-0.1, -0.05) is 24.3 Å². The van der Waals surface area contributed by atoms with Gasteiger partial charge < -0.3 is 10.2 Å². The summed E-state index contributed by atoms with van der Waals surface area (Å²) in [6, 6.07) is 9.64. The Morgan fingerprint density at radius 2 is 2.00 bits per heavy atom. The molecule has 0 saturated heterocycles. The molecule has 2 nitrogen and oxygen atoms in total. The number of rotatable bonds is 3. The molecule has 0 unspecified atom stereocenters. The van der Waals surface area contributed by atoms with Crippen molar-refractivity contribution in [3.05, 3.63) is 35.4 Å². The lowest BCUT2D eigenvalue weighted by atomic mass is 9.95. The second kappa shape index (κ2) is 4.77. The molecular weight excluding hydrogens is 184 g/mol. The molecule has 2 rings (SSSR count). The van der Waals surface area contributed by atoms with Crippen molar-refractivity contribution >= 4 is 0 Å². The van der Waals surface area contributed by atoms with Crippen molar-refractivity contribution in [2.75, 3.05) is 19.6 Å². The molecule has 1 aromatic rings. The van der Waals surface area contributed by atoms with Gasteiger partial charge in [0.05, 0.1) is 13.1 Å². The molecule has 2 heteroatoms. The molecule has 3 N–H and O–H groups in total. The molecule has 0 radical (unpaired) electrons. The Kier molecular flexibility index (Phi) is 3.39. The third kappa shape index (κ3) is 2.06. The highest BCUT2D eigenvalue weighted by atomic mass is 15.2. The number of hydrogen-bond acceptors (Lipinski definition) is 0. The highest BCUT2D eigenvalue weighted by Crippen LogP contribution is 2.16. The summed E-state index contributed by atoms with van der Waals surface area (Å²) in [5.41, 5.74) is 3.12. The van der Waals surface area contributed by atoms with E-state index in [4.69, 9.17) is 0 Å². The van der Waals surface area contributed by atoms with E-state index in [0.717, 1.165) is 6.54 Å². The number of nitrogens with one attached hydrogen (secondary N) is 1. The molecule has 0 aromatic heterocycles. The van der Waals surface area contributed by atoms with E-state index in [1.807, 2.05) is 0 Å². The van der Waals surface area contributed by atoms with Crippen LogP contribution in [0.25, 0.3) is 0 Å². The Hall–Kier alpha value is -0.860. The molecule has 1 aliphatic heterocycles. The minimum atomic E-state index is 0.699. The highest BCUT2D eigenvalue weighted by molar-refractivity contribution is 5.29. The van der Waals surface area contributed by atoms with Crippen LogP contribution in [0.1, 0.15) is 31.0 Å². The predicted octanol–water partition coefficient (Wildman–Crippen LogP) is -0.271. The Morgan fingerprint density at radius 3 is 2.73 bits per heavy atom. The highest BCUT2D eigenvalue weighted by Gasteiger charge is 2.29. The smallest absolute Gasteiger partial charge is 0.163 e. The van der Waals surface area contributed by atoms with Crippen LogP contribution in [-0.4, -0.2) is 19.6 Å². The van der Waals surface area contributed by atoms with Crippen molar-refractivity contribution in [1.29, 1.82) is 0 Å². The predicted molar refractivity (Wildman–Crippen MR) is 61.7 cm³/mol. The van der Waals surface area contributed by atoms with Crippen molar-refractivity contribution < 1.29 is 10.2 Å². The molecule has 1 atom stereocenters. The molecule has 82 valence electrons. The van der Waals surface area contributed by atoms with E-state index in [1.54, 1.807) is 10.5 Å². The number of benzene rings is 1. The zero-order valence-corrected chi connectivity index (χ0v) is 9.79. The standard InChI is InChI=1S/C13H20N2/c1-3-15(4-2)13-10-14-9-11-7-5-6-8-12(11)13/h5-8,13-14H,3-4,9-10H2,1-2H3/p+2/t13-/m0/s1. The third-order valence-corrected chi connectivity index (χ3v) is 3.60. The molecule has 0 fully saturated rings. The van der Waals surface area contributed by atoms with Crippen LogP contribution in [-0.2, 0) is 6.54 Å². The Morgan fingerprint density at radius 1 is 1.27 bits per heavy atom. The summed E-state index contributed by atoms with van der Waals surface area (Å²) < 4.78 is 0. The van der Waals surface area contributed by atoms with Gasteiger partial charge in [0, 0.05) is 11.1 Å². The largest absolute Gasteiger partial charge is 0.337 e. The maximum absolute atomic E-state index is 2.44. The van der Waals surface area contributed by atoms with Gasteiger partial charge in [-0.2, -0.15) is 0 Å². The number of hydrogen-bond donors (Lipinski definition) is 2. The van der Waals surface area contributed by atoms with Gasteiger partial charge in [0.2, 0.25) is 0 Å². The maximum Gasteiger partial charge on any atom is 0.163 e. The SMILES string of the molecule is CC[NH+](CC)[C@H]1C[NH2+]Cc2ccccc21. The number of nitrogens with two attached hydrogens (primary N) is 1. The summed E-state index contributed by atoms with van der Waals surface area (Å²) in [4.78, 5) is 1.71. The van der Waals surface area contributed by atoms with Gasteiger partial charge in [0.15, 0.2) is 6.04 Å². The second-order valence-corrected chi connectivity index (χ2v) is 4.35. The second-order valence-electron chi connectivity index (χ2n) is 4.35. The fourth-order valence-corrected chi connectivity index (χ4v) is 2.72. The zero-order valence-electron chi connectivity index (χ0n) is 9.79. The van der Waals surface area contributed by atoms with Crippen LogP contribution in [0.15, 0.2) is 24.3 Å². The molecule has 0 spiro atoms. The minimum absolute atomic E-state index is 0.699. The molecule has 15 heavy (non-hydrogen) atoms. The van der Waals surface area contributed by atoms with Crippen molar-refractivity contribution in [3.8, 4) is 0 Å². The number of likely N-dealkylation sites (N-methyl/N-ethyl adjacent to an activating group) is 1. The molecule has 0 aliphatic carbocycles. The lowest BCUT2D eigenvalue weighted by molar-refractivity contribution is -0.945. The first-order valence-corrected chi connectivity index (χ1v) is 6.10. The van der Waals surface area contributed by atoms with Gasteiger partial charge in [0.1, 0.15) is 13.1 Å². The molecule has 0 bridgehead atoms. The minimum Gasteiger partial charge on any atom is -0.337 e. The Balaban J connectivity index is 2.28. The van der Waals surface area contributed by atoms with E-state index < -0.39 is 0 Å². The summed E-state index contributed by atoms with van der Waals surface area (Å²) in [5.74, 6) is 0. The van der Waals surface area contributed by atoms with Gasteiger partial charge in [0.25, 0.3) is 0 Å². The lowest BCUT2D eigenvalue weighted by Crippen LogP contribution is -3.14. The summed E-state index contributed by atoms with van der Waals surface area (Å²) in [6.45, 7) is 9.43. The normalized spacial score (nSPS) is 20.3. The van der Waals surface area contributed by atoms with Crippen LogP contribution in [0.4, 0.5) is 0 Å². The summed E-state index contributed by atoms with van der Waals surface area (Å²) in [7, 11) is 0. The molecule has 0 amide bonds. The van der Waals surface area contributed by atoms with Gasteiger partial charge in [-0.05, 0) is 13.8 Å². The zero-order chi connectivity index (χ0) is 10.7.